The Bertz CT molecular complexity index is 612. The third kappa shape index (κ3) is 3.27. The second-order valence-electron chi connectivity index (χ2n) is 4.25. The zero-order valence-electron chi connectivity index (χ0n) is 10.7. The summed E-state index contributed by atoms with van der Waals surface area (Å²) in [4.78, 5) is 4.02. The van der Waals surface area contributed by atoms with E-state index < -0.39 is 11.7 Å². The first-order valence-corrected chi connectivity index (χ1v) is 5.92. The highest BCUT2D eigenvalue weighted by Gasteiger charge is 2.34. The summed E-state index contributed by atoms with van der Waals surface area (Å²) in [7, 11) is 0. The minimum atomic E-state index is -4.51. The number of hydrogen-bond donors (Lipinski definition) is 1. The van der Waals surface area contributed by atoms with Gasteiger partial charge >= 0.3 is 6.18 Å². The molecule has 3 nitrogen and oxygen atoms in total. The van der Waals surface area contributed by atoms with Gasteiger partial charge in [0.2, 0.25) is 5.88 Å². The summed E-state index contributed by atoms with van der Waals surface area (Å²) in [6.45, 7) is 1.76. The summed E-state index contributed by atoms with van der Waals surface area (Å²) in [6, 6.07) is 8.65. The molecule has 0 fully saturated rings. The number of nitrogens with two attached hydrogens (primary N) is 1. The van der Waals surface area contributed by atoms with Gasteiger partial charge in [-0.2, -0.15) is 13.2 Å². The van der Waals surface area contributed by atoms with Gasteiger partial charge in [0, 0.05) is 18.3 Å². The predicted octanol–water partition coefficient (Wildman–Crippen LogP) is 3.66. The van der Waals surface area contributed by atoms with E-state index in [9.17, 15) is 13.2 Å². The number of pyridine rings is 1. The Balaban J connectivity index is 2.41. The van der Waals surface area contributed by atoms with Crippen LogP contribution in [0.5, 0.6) is 11.6 Å². The van der Waals surface area contributed by atoms with Gasteiger partial charge in [-0.25, -0.2) is 4.98 Å². The monoisotopic (exact) mass is 282 g/mol. The molecule has 0 bridgehead atoms. The molecule has 0 aliphatic rings. The van der Waals surface area contributed by atoms with Gasteiger partial charge in [0.15, 0.2) is 0 Å². The Kier molecular flexibility index (Phi) is 3.94. The quantitative estimate of drug-likeness (QED) is 0.934. The lowest BCUT2D eigenvalue weighted by molar-refractivity contribution is -0.138. The molecule has 0 spiro atoms. The third-order valence-electron chi connectivity index (χ3n) is 2.66. The molecule has 0 unspecified atom stereocenters. The van der Waals surface area contributed by atoms with Crippen molar-refractivity contribution in [3.63, 3.8) is 0 Å². The smallest absolute Gasteiger partial charge is 0.419 e. The fourth-order valence-electron chi connectivity index (χ4n) is 1.70. The summed E-state index contributed by atoms with van der Waals surface area (Å²) in [5.74, 6) is -0.163. The van der Waals surface area contributed by atoms with E-state index >= 15 is 0 Å². The zero-order chi connectivity index (χ0) is 14.8. The van der Waals surface area contributed by atoms with Crippen molar-refractivity contribution in [1.29, 1.82) is 0 Å². The summed E-state index contributed by atoms with van der Waals surface area (Å²) in [5.41, 5.74) is 5.56. The first-order valence-electron chi connectivity index (χ1n) is 5.92. The number of ether oxygens (including phenoxy) is 1. The van der Waals surface area contributed by atoms with E-state index in [1.807, 2.05) is 0 Å². The molecular formula is C14H13F3N2O. The SMILES string of the molecule is Cc1cccc(Oc2ccc(CN)cc2C(F)(F)F)n1. The highest BCUT2D eigenvalue weighted by Crippen LogP contribution is 2.38. The van der Waals surface area contributed by atoms with Gasteiger partial charge in [-0.3, -0.25) is 0 Å². The Hall–Kier alpha value is -2.08. The second kappa shape index (κ2) is 5.50. The van der Waals surface area contributed by atoms with Gasteiger partial charge in [0.05, 0.1) is 5.56 Å². The molecule has 2 aromatic rings. The number of nitrogens with zero attached hydrogens (tertiary/aromatic N) is 1. The van der Waals surface area contributed by atoms with Crippen molar-refractivity contribution in [3.8, 4) is 11.6 Å². The van der Waals surface area contributed by atoms with Gasteiger partial charge in [0.1, 0.15) is 5.75 Å². The van der Waals surface area contributed by atoms with Gasteiger partial charge in [0.25, 0.3) is 0 Å². The highest BCUT2D eigenvalue weighted by atomic mass is 19.4. The van der Waals surface area contributed by atoms with E-state index in [1.165, 1.54) is 18.2 Å². The minimum absolute atomic E-state index is 0.0338. The van der Waals surface area contributed by atoms with Crippen LogP contribution < -0.4 is 10.5 Å². The molecule has 1 aromatic carbocycles. The zero-order valence-corrected chi connectivity index (χ0v) is 10.7. The molecule has 0 saturated carbocycles. The predicted molar refractivity (Wildman–Crippen MR) is 68.4 cm³/mol. The summed E-state index contributed by atoms with van der Waals surface area (Å²) in [5, 5.41) is 0. The van der Waals surface area contributed by atoms with E-state index in [0.29, 0.717) is 11.3 Å². The van der Waals surface area contributed by atoms with Crippen molar-refractivity contribution in [2.75, 3.05) is 0 Å². The van der Waals surface area contributed by atoms with Crippen molar-refractivity contribution in [3.05, 3.63) is 53.2 Å². The van der Waals surface area contributed by atoms with Crippen LogP contribution in [0.3, 0.4) is 0 Å². The maximum Gasteiger partial charge on any atom is 0.419 e. The number of rotatable bonds is 3. The van der Waals surface area contributed by atoms with Crippen molar-refractivity contribution < 1.29 is 17.9 Å². The lowest BCUT2D eigenvalue weighted by Gasteiger charge is -2.14. The summed E-state index contributed by atoms with van der Waals surface area (Å²) >= 11 is 0. The van der Waals surface area contributed by atoms with Crippen LogP contribution in [0.2, 0.25) is 0 Å². The molecular weight excluding hydrogens is 269 g/mol. The standard InChI is InChI=1S/C14H13F3N2O/c1-9-3-2-4-13(19-9)20-12-6-5-10(8-18)7-11(12)14(15,16)17/h2-7H,8,18H2,1H3. The molecule has 20 heavy (non-hydrogen) atoms. The normalized spacial score (nSPS) is 11.4. The molecule has 1 aromatic heterocycles. The number of alkyl halides is 3. The maximum atomic E-state index is 13.0. The Morgan fingerprint density at radius 2 is 1.95 bits per heavy atom. The summed E-state index contributed by atoms with van der Waals surface area (Å²) < 4.78 is 44.3. The van der Waals surface area contributed by atoms with Crippen molar-refractivity contribution in [2.45, 2.75) is 19.6 Å². The largest absolute Gasteiger partial charge is 0.438 e. The molecule has 0 radical (unpaired) electrons. The van der Waals surface area contributed by atoms with Crippen LogP contribution in [0.15, 0.2) is 36.4 Å². The molecule has 1 heterocycles. The van der Waals surface area contributed by atoms with E-state index in [1.54, 1.807) is 19.1 Å². The number of aromatic nitrogens is 1. The number of benzene rings is 1. The Morgan fingerprint density at radius 1 is 1.20 bits per heavy atom. The third-order valence-corrected chi connectivity index (χ3v) is 2.66. The number of hydrogen-bond acceptors (Lipinski definition) is 3. The average molecular weight is 282 g/mol. The number of aryl methyl sites for hydroxylation is 1. The van der Waals surface area contributed by atoms with Crippen LogP contribution in [0.1, 0.15) is 16.8 Å². The van der Waals surface area contributed by atoms with Gasteiger partial charge < -0.3 is 10.5 Å². The molecule has 0 aliphatic carbocycles. The average Bonchev–Trinajstić information content (AvgIpc) is 2.38. The molecule has 2 N–H and O–H groups in total. The van der Waals surface area contributed by atoms with Crippen molar-refractivity contribution in [2.24, 2.45) is 5.73 Å². The first kappa shape index (κ1) is 14.3. The van der Waals surface area contributed by atoms with Crippen LogP contribution >= 0.6 is 0 Å². The van der Waals surface area contributed by atoms with Crippen molar-refractivity contribution >= 4 is 0 Å². The van der Waals surface area contributed by atoms with E-state index in [0.717, 1.165) is 6.07 Å². The molecule has 0 amide bonds. The molecule has 0 atom stereocenters. The van der Waals surface area contributed by atoms with Crippen LogP contribution in [-0.4, -0.2) is 4.98 Å². The number of halogens is 3. The van der Waals surface area contributed by atoms with E-state index in [-0.39, 0.29) is 18.2 Å². The summed E-state index contributed by atoms with van der Waals surface area (Å²) in [6.07, 6.45) is -4.51. The fraction of sp³-hybridized carbons (Fsp3) is 0.214. The first-order chi connectivity index (χ1) is 9.40. The Morgan fingerprint density at radius 3 is 2.55 bits per heavy atom. The molecule has 106 valence electrons. The van der Waals surface area contributed by atoms with Crippen LogP contribution in [0.25, 0.3) is 0 Å². The van der Waals surface area contributed by atoms with Gasteiger partial charge in [-0.1, -0.05) is 12.1 Å². The fourth-order valence-corrected chi connectivity index (χ4v) is 1.70. The van der Waals surface area contributed by atoms with Crippen LogP contribution in [-0.2, 0) is 12.7 Å². The minimum Gasteiger partial charge on any atom is -0.438 e. The van der Waals surface area contributed by atoms with Gasteiger partial charge in [-0.05, 0) is 30.7 Å². The maximum absolute atomic E-state index is 13.0. The lowest BCUT2D eigenvalue weighted by Crippen LogP contribution is -2.09. The van der Waals surface area contributed by atoms with Crippen LogP contribution in [0, 0.1) is 6.92 Å². The molecule has 6 heteroatoms. The van der Waals surface area contributed by atoms with Crippen LogP contribution in [0.4, 0.5) is 13.2 Å². The molecule has 2 rings (SSSR count). The lowest BCUT2D eigenvalue weighted by atomic mass is 10.1. The Labute approximate surface area is 114 Å². The second-order valence-corrected chi connectivity index (χ2v) is 4.25. The highest BCUT2D eigenvalue weighted by molar-refractivity contribution is 5.41. The van der Waals surface area contributed by atoms with E-state index in [2.05, 4.69) is 4.98 Å². The topological polar surface area (TPSA) is 48.1 Å². The molecule has 0 aliphatic heterocycles. The van der Waals surface area contributed by atoms with E-state index in [4.69, 9.17) is 10.5 Å². The molecule has 0 saturated heterocycles. The van der Waals surface area contributed by atoms with Gasteiger partial charge in [-0.15, -0.1) is 0 Å². The van der Waals surface area contributed by atoms with Crippen molar-refractivity contribution in [1.82, 2.24) is 4.98 Å².